The van der Waals surface area contributed by atoms with E-state index in [9.17, 15) is 4.79 Å². The Labute approximate surface area is 90.9 Å². The summed E-state index contributed by atoms with van der Waals surface area (Å²) in [5.41, 5.74) is 2.23. The van der Waals surface area contributed by atoms with Crippen LogP contribution in [0, 0.1) is 5.92 Å². The van der Waals surface area contributed by atoms with Gasteiger partial charge >= 0.3 is 0 Å². The third-order valence-corrected chi connectivity index (χ3v) is 2.99. The molecule has 1 aliphatic heterocycles. The highest BCUT2D eigenvalue weighted by Crippen LogP contribution is 2.20. The normalized spacial score (nSPS) is 24.1. The molecule has 88 valence electrons. The van der Waals surface area contributed by atoms with Crippen molar-refractivity contribution >= 4 is 5.91 Å². The smallest absolute Gasteiger partial charge is 0.251 e. The van der Waals surface area contributed by atoms with Crippen molar-refractivity contribution in [3.8, 4) is 0 Å². The minimum Gasteiger partial charge on any atom is -0.384 e. The first-order valence-corrected chi connectivity index (χ1v) is 5.46. The van der Waals surface area contributed by atoms with Crippen LogP contribution in [0.1, 0.15) is 19.8 Å². The third-order valence-electron chi connectivity index (χ3n) is 2.99. The summed E-state index contributed by atoms with van der Waals surface area (Å²) >= 11 is 0. The van der Waals surface area contributed by atoms with Crippen LogP contribution >= 0.6 is 0 Å². The van der Waals surface area contributed by atoms with Crippen molar-refractivity contribution in [1.82, 2.24) is 10.3 Å². The molecule has 0 saturated carbocycles. The Balaban J connectivity index is 2.46. The summed E-state index contributed by atoms with van der Waals surface area (Å²) in [7, 11) is 1.71. The van der Waals surface area contributed by atoms with E-state index in [-0.39, 0.29) is 11.9 Å². The van der Waals surface area contributed by atoms with Crippen LogP contribution in [0.25, 0.3) is 0 Å². The fraction of sp³-hybridized carbons (Fsp3) is 0.900. The lowest BCUT2D eigenvalue weighted by Crippen LogP contribution is -2.48. The van der Waals surface area contributed by atoms with Gasteiger partial charge in [0.05, 0.1) is 12.6 Å². The Bertz CT molecular complexity index is 211. The molecular formula is C10H21N3O2. The number of hydrazine groups is 1. The lowest BCUT2D eigenvalue weighted by atomic mass is 10.1. The van der Waals surface area contributed by atoms with Gasteiger partial charge in [0, 0.05) is 13.7 Å². The number of ether oxygens (including phenoxy) is 1. The fourth-order valence-corrected chi connectivity index (χ4v) is 2.22. The first-order chi connectivity index (χ1) is 7.22. The van der Waals surface area contributed by atoms with Crippen LogP contribution < -0.4 is 11.3 Å². The van der Waals surface area contributed by atoms with E-state index in [4.69, 9.17) is 10.6 Å². The molecule has 2 atom stereocenters. The molecule has 5 heteroatoms. The highest BCUT2D eigenvalue weighted by molar-refractivity contribution is 5.81. The molecule has 1 saturated heterocycles. The zero-order valence-electron chi connectivity index (χ0n) is 9.53. The molecule has 0 bridgehead atoms. The van der Waals surface area contributed by atoms with Crippen molar-refractivity contribution in [3.63, 3.8) is 0 Å². The SMILES string of the molecule is CCC(C(=O)NN)N1CCC(COC)C1. The average Bonchev–Trinajstić information content (AvgIpc) is 2.68. The number of nitrogens with zero attached hydrogens (tertiary/aromatic N) is 1. The van der Waals surface area contributed by atoms with Crippen molar-refractivity contribution in [2.24, 2.45) is 11.8 Å². The molecule has 0 aliphatic carbocycles. The Morgan fingerprint density at radius 2 is 2.47 bits per heavy atom. The molecule has 0 radical (unpaired) electrons. The fourth-order valence-electron chi connectivity index (χ4n) is 2.22. The van der Waals surface area contributed by atoms with Gasteiger partial charge in [-0.1, -0.05) is 6.92 Å². The third kappa shape index (κ3) is 3.15. The molecule has 3 N–H and O–H groups in total. The second-order valence-corrected chi connectivity index (χ2v) is 4.04. The van der Waals surface area contributed by atoms with Crippen molar-refractivity contribution < 1.29 is 9.53 Å². The molecule has 0 aromatic carbocycles. The maximum absolute atomic E-state index is 11.5. The predicted octanol–water partition coefficient (Wildman–Crippen LogP) is -0.277. The maximum Gasteiger partial charge on any atom is 0.251 e. The Morgan fingerprint density at radius 3 is 3.00 bits per heavy atom. The molecule has 2 unspecified atom stereocenters. The number of carbonyl (C=O) groups is 1. The van der Waals surface area contributed by atoms with E-state index in [0.29, 0.717) is 5.92 Å². The molecule has 1 amide bonds. The second-order valence-electron chi connectivity index (χ2n) is 4.04. The number of amides is 1. The quantitative estimate of drug-likeness (QED) is 0.376. The number of hydrogen-bond acceptors (Lipinski definition) is 4. The number of hydrogen-bond donors (Lipinski definition) is 2. The van der Waals surface area contributed by atoms with Crippen molar-refractivity contribution in [1.29, 1.82) is 0 Å². The van der Waals surface area contributed by atoms with Gasteiger partial charge in [0.1, 0.15) is 0 Å². The number of carbonyl (C=O) groups excluding carboxylic acids is 1. The van der Waals surface area contributed by atoms with Gasteiger partial charge in [-0.05, 0) is 25.3 Å². The molecule has 5 nitrogen and oxygen atoms in total. The molecule has 1 heterocycles. The van der Waals surface area contributed by atoms with E-state index < -0.39 is 0 Å². The van der Waals surface area contributed by atoms with Crippen LogP contribution in [0.5, 0.6) is 0 Å². The van der Waals surface area contributed by atoms with Gasteiger partial charge in [-0.25, -0.2) is 5.84 Å². The van der Waals surface area contributed by atoms with E-state index in [1.54, 1.807) is 7.11 Å². The zero-order chi connectivity index (χ0) is 11.3. The average molecular weight is 215 g/mol. The lowest BCUT2D eigenvalue weighted by molar-refractivity contribution is -0.126. The molecule has 0 spiro atoms. The topological polar surface area (TPSA) is 67.6 Å². The Kier molecular flexibility index (Phi) is 5.01. The molecule has 0 aromatic heterocycles. The molecule has 1 fully saturated rings. The first-order valence-electron chi connectivity index (χ1n) is 5.46. The minimum atomic E-state index is -0.0874. The standard InChI is InChI=1S/C10H21N3O2/c1-3-9(10(14)12-11)13-5-4-8(6-13)7-15-2/h8-9H,3-7,11H2,1-2H3,(H,12,14). The van der Waals surface area contributed by atoms with Crippen LogP contribution in [0.3, 0.4) is 0 Å². The van der Waals surface area contributed by atoms with Crippen molar-refractivity contribution in [3.05, 3.63) is 0 Å². The summed E-state index contributed by atoms with van der Waals surface area (Å²) in [5.74, 6) is 5.62. The van der Waals surface area contributed by atoms with E-state index in [2.05, 4.69) is 10.3 Å². The van der Waals surface area contributed by atoms with Gasteiger partial charge in [0.15, 0.2) is 0 Å². The number of likely N-dealkylation sites (tertiary alicyclic amines) is 1. The zero-order valence-corrected chi connectivity index (χ0v) is 9.53. The van der Waals surface area contributed by atoms with E-state index >= 15 is 0 Å². The van der Waals surface area contributed by atoms with Gasteiger partial charge in [0.2, 0.25) is 0 Å². The van der Waals surface area contributed by atoms with Gasteiger partial charge in [0.25, 0.3) is 5.91 Å². The highest BCUT2D eigenvalue weighted by Gasteiger charge is 2.30. The Hall–Kier alpha value is -0.650. The summed E-state index contributed by atoms with van der Waals surface area (Å²) in [6, 6.07) is -0.0862. The number of nitrogens with two attached hydrogens (primary N) is 1. The van der Waals surface area contributed by atoms with Gasteiger partial charge in [-0.3, -0.25) is 15.1 Å². The summed E-state index contributed by atoms with van der Waals surface area (Å²) in [4.78, 5) is 13.7. The minimum absolute atomic E-state index is 0.0862. The van der Waals surface area contributed by atoms with Gasteiger partial charge < -0.3 is 4.74 Å². The largest absolute Gasteiger partial charge is 0.384 e. The van der Waals surface area contributed by atoms with Crippen LogP contribution in [0.2, 0.25) is 0 Å². The van der Waals surface area contributed by atoms with Crippen molar-refractivity contribution in [2.75, 3.05) is 26.8 Å². The summed E-state index contributed by atoms with van der Waals surface area (Å²) in [6.07, 6.45) is 1.89. The Morgan fingerprint density at radius 1 is 1.73 bits per heavy atom. The monoisotopic (exact) mass is 215 g/mol. The maximum atomic E-state index is 11.5. The van der Waals surface area contributed by atoms with Crippen LogP contribution in [0.4, 0.5) is 0 Å². The number of methoxy groups -OCH3 is 1. The second kappa shape index (κ2) is 6.05. The van der Waals surface area contributed by atoms with Crippen molar-refractivity contribution in [2.45, 2.75) is 25.8 Å². The van der Waals surface area contributed by atoms with E-state index in [1.807, 2.05) is 6.92 Å². The lowest BCUT2D eigenvalue weighted by Gasteiger charge is -2.24. The van der Waals surface area contributed by atoms with Gasteiger partial charge in [-0.2, -0.15) is 0 Å². The highest BCUT2D eigenvalue weighted by atomic mass is 16.5. The summed E-state index contributed by atoms with van der Waals surface area (Å²) in [6.45, 7) is 4.67. The molecule has 1 aliphatic rings. The summed E-state index contributed by atoms with van der Waals surface area (Å²) < 4.78 is 5.12. The van der Waals surface area contributed by atoms with Crippen LogP contribution in [0.15, 0.2) is 0 Å². The molecule has 15 heavy (non-hydrogen) atoms. The van der Waals surface area contributed by atoms with E-state index in [0.717, 1.165) is 32.5 Å². The molecule has 1 rings (SSSR count). The molecule has 0 aromatic rings. The number of nitrogens with one attached hydrogen (secondary N) is 1. The van der Waals surface area contributed by atoms with E-state index in [1.165, 1.54) is 0 Å². The van der Waals surface area contributed by atoms with Gasteiger partial charge in [-0.15, -0.1) is 0 Å². The molecular weight excluding hydrogens is 194 g/mol. The first kappa shape index (κ1) is 12.4. The number of rotatable bonds is 5. The summed E-state index contributed by atoms with van der Waals surface area (Å²) in [5, 5.41) is 0. The van der Waals surface area contributed by atoms with Crippen LogP contribution in [-0.4, -0.2) is 43.7 Å². The predicted molar refractivity (Wildman–Crippen MR) is 58.0 cm³/mol. The van der Waals surface area contributed by atoms with Crippen LogP contribution in [-0.2, 0) is 9.53 Å².